The van der Waals surface area contributed by atoms with Crippen molar-refractivity contribution in [2.75, 3.05) is 0 Å². The molecule has 0 aliphatic rings. The van der Waals surface area contributed by atoms with E-state index in [-0.39, 0.29) is 6.04 Å². The van der Waals surface area contributed by atoms with E-state index in [1.165, 1.54) is 22.3 Å². The number of rotatable bonds is 1. The third-order valence-electron chi connectivity index (χ3n) is 2.59. The molecule has 0 fully saturated rings. The van der Waals surface area contributed by atoms with Gasteiger partial charge in [-0.15, -0.1) is 0 Å². The largest absolute Gasteiger partial charge is 0.324 e. The zero-order chi connectivity index (χ0) is 9.30. The summed E-state index contributed by atoms with van der Waals surface area (Å²) >= 11 is 0. The summed E-state index contributed by atoms with van der Waals surface area (Å²) in [7, 11) is 0. The Labute approximate surface area is 74.6 Å². The minimum Gasteiger partial charge on any atom is -0.324 e. The van der Waals surface area contributed by atoms with Gasteiger partial charge in [0.05, 0.1) is 0 Å². The highest BCUT2D eigenvalue weighted by Gasteiger charge is 2.06. The summed E-state index contributed by atoms with van der Waals surface area (Å²) in [5.41, 5.74) is 11.1. The van der Waals surface area contributed by atoms with E-state index in [0.29, 0.717) is 0 Å². The van der Waals surface area contributed by atoms with Crippen LogP contribution in [-0.2, 0) is 0 Å². The Morgan fingerprint density at radius 1 is 1.08 bits per heavy atom. The van der Waals surface area contributed by atoms with Crippen LogP contribution in [0.15, 0.2) is 12.1 Å². The van der Waals surface area contributed by atoms with E-state index in [2.05, 4.69) is 32.9 Å². The molecule has 0 aliphatic heterocycles. The number of nitrogens with two attached hydrogens (primary N) is 1. The summed E-state index contributed by atoms with van der Waals surface area (Å²) in [6, 6.07) is 4.41. The third-order valence-corrected chi connectivity index (χ3v) is 2.59. The van der Waals surface area contributed by atoms with Crippen molar-refractivity contribution in [2.24, 2.45) is 5.73 Å². The van der Waals surface area contributed by atoms with Crippen molar-refractivity contribution in [1.29, 1.82) is 0 Å². The highest BCUT2D eigenvalue weighted by molar-refractivity contribution is 5.39. The molecule has 0 aliphatic carbocycles. The molecule has 66 valence electrons. The Morgan fingerprint density at radius 3 is 2.17 bits per heavy atom. The van der Waals surface area contributed by atoms with Crippen LogP contribution in [-0.4, -0.2) is 0 Å². The molecule has 1 aromatic carbocycles. The maximum atomic E-state index is 5.83. The number of hydrogen-bond donors (Lipinski definition) is 1. The van der Waals surface area contributed by atoms with E-state index >= 15 is 0 Å². The van der Waals surface area contributed by atoms with Crippen LogP contribution in [0.4, 0.5) is 0 Å². The van der Waals surface area contributed by atoms with Crippen LogP contribution in [0.1, 0.15) is 35.2 Å². The second kappa shape index (κ2) is 3.28. The Balaban J connectivity index is 3.27. The van der Waals surface area contributed by atoms with Crippen molar-refractivity contribution in [3.8, 4) is 0 Å². The lowest BCUT2D eigenvalue weighted by molar-refractivity contribution is 0.807. The summed E-state index contributed by atoms with van der Waals surface area (Å²) in [6.07, 6.45) is 0. The Morgan fingerprint density at radius 2 is 1.67 bits per heavy atom. The molecule has 12 heavy (non-hydrogen) atoms. The molecule has 0 aromatic heterocycles. The van der Waals surface area contributed by atoms with E-state index in [0.717, 1.165) is 0 Å². The van der Waals surface area contributed by atoms with Gasteiger partial charge in [0.25, 0.3) is 0 Å². The summed E-state index contributed by atoms with van der Waals surface area (Å²) in [4.78, 5) is 0. The van der Waals surface area contributed by atoms with E-state index in [1.807, 2.05) is 6.92 Å². The smallest absolute Gasteiger partial charge is 0.0268 e. The molecule has 1 nitrogen and oxygen atoms in total. The average Bonchev–Trinajstić information content (AvgIpc) is 2.00. The van der Waals surface area contributed by atoms with Gasteiger partial charge in [0.15, 0.2) is 0 Å². The average molecular weight is 163 g/mol. The molecule has 0 bridgehead atoms. The first kappa shape index (κ1) is 9.27. The van der Waals surface area contributed by atoms with E-state index in [9.17, 15) is 0 Å². The van der Waals surface area contributed by atoms with Gasteiger partial charge in [0.1, 0.15) is 0 Å². The van der Waals surface area contributed by atoms with E-state index < -0.39 is 0 Å². The Kier molecular flexibility index (Phi) is 2.53. The van der Waals surface area contributed by atoms with Crippen LogP contribution in [0.3, 0.4) is 0 Å². The molecule has 2 N–H and O–H groups in total. The van der Waals surface area contributed by atoms with Gasteiger partial charge >= 0.3 is 0 Å². The van der Waals surface area contributed by atoms with E-state index in [4.69, 9.17) is 5.73 Å². The van der Waals surface area contributed by atoms with Gasteiger partial charge < -0.3 is 5.73 Å². The molecule has 1 rings (SSSR count). The van der Waals surface area contributed by atoms with Crippen LogP contribution >= 0.6 is 0 Å². The predicted molar refractivity (Wildman–Crippen MR) is 53.3 cm³/mol. The lowest BCUT2D eigenvalue weighted by Crippen LogP contribution is -2.08. The van der Waals surface area contributed by atoms with Crippen LogP contribution in [0.25, 0.3) is 0 Å². The zero-order valence-electron chi connectivity index (χ0n) is 8.31. The molecule has 1 heteroatoms. The van der Waals surface area contributed by atoms with Crippen molar-refractivity contribution in [3.05, 3.63) is 34.4 Å². The first-order valence-corrected chi connectivity index (χ1v) is 4.36. The molecule has 1 aromatic rings. The van der Waals surface area contributed by atoms with Gasteiger partial charge in [0, 0.05) is 6.04 Å². The Hall–Kier alpha value is -0.820. The van der Waals surface area contributed by atoms with Crippen LogP contribution < -0.4 is 5.73 Å². The minimum absolute atomic E-state index is 0.143. The first-order chi connectivity index (χ1) is 5.54. The molecule has 0 heterocycles. The number of benzene rings is 1. The fourth-order valence-corrected chi connectivity index (χ4v) is 1.47. The van der Waals surface area contributed by atoms with Gasteiger partial charge in [-0.25, -0.2) is 0 Å². The quantitative estimate of drug-likeness (QED) is 0.676. The second-order valence-electron chi connectivity index (χ2n) is 3.51. The number of aryl methyl sites for hydroxylation is 1. The van der Waals surface area contributed by atoms with Crippen molar-refractivity contribution < 1.29 is 0 Å². The summed E-state index contributed by atoms with van der Waals surface area (Å²) < 4.78 is 0. The van der Waals surface area contributed by atoms with Crippen LogP contribution in [0.2, 0.25) is 0 Å². The standard InChI is InChI=1S/C11H17N/c1-7-5-6-11(10(4)12)9(3)8(7)2/h5-6,10H,12H2,1-4H3. The molecule has 1 unspecified atom stereocenters. The minimum atomic E-state index is 0.143. The van der Waals surface area contributed by atoms with Crippen molar-refractivity contribution in [3.63, 3.8) is 0 Å². The third kappa shape index (κ3) is 1.51. The predicted octanol–water partition coefficient (Wildman–Crippen LogP) is 2.63. The molecule has 0 saturated carbocycles. The molecule has 0 saturated heterocycles. The molecule has 0 amide bonds. The highest BCUT2D eigenvalue weighted by Crippen LogP contribution is 2.20. The topological polar surface area (TPSA) is 26.0 Å². The lowest BCUT2D eigenvalue weighted by atomic mass is 9.95. The monoisotopic (exact) mass is 163 g/mol. The van der Waals surface area contributed by atoms with Gasteiger partial charge in [-0.3, -0.25) is 0 Å². The fourth-order valence-electron chi connectivity index (χ4n) is 1.47. The van der Waals surface area contributed by atoms with Gasteiger partial charge in [0.2, 0.25) is 0 Å². The molecule has 0 spiro atoms. The van der Waals surface area contributed by atoms with Crippen LogP contribution in [0, 0.1) is 20.8 Å². The second-order valence-corrected chi connectivity index (χ2v) is 3.51. The van der Waals surface area contributed by atoms with Gasteiger partial charge in [-0.05, 0) is 49.9 Å². The van der Waals surface area contributed by atoms with Crippen molar-refractivity contribution in [2.45, 2.75) is 33.7 Å². The number of hydrogen-bond acceptors (Lipinski definition) is 1. The van der Waals surface area contributed by atoms with Crippen molar-refractivity contribution >= 4 is 0 Å². The summed E-state index contributed by atoms with van der Waals surface area (Å²) in [5, 5.41) is 0. The normalized spacial score (nSPS) is 13.1. The highest BCUT2D eigenvalue weighted by atomic mass is 14.6. The maximum Gasteiger partial charge on any atom is 0.0268 e. The SMILES string of the molecule is Cc1ccc(C(C)N)c(C)c1C. The Bertz CT molecular complexity index is 287. The molecular weight excluding hydrogens is 146 g/mol. The van der Waals surface area contributed by atoms with E-state index in [1.54, 1.807) is 0 Å². The lowest BCUT2D eigenvalue weighted by Gasteiger charge is -2.13. The summed E-state index contributed by atoms with van der Waals surface area (Å²) in [6.45, 7) is 8.45. The molecular formula is C11H17N. The summed E-state index contributed by atoms with van der Waals surface area (Å²) in [5.74, 6) is 0. The van der Waals surface area contributed by atoms with Gasteiger partial charge in [-0.2, -0.15) is 0 Å². The van der Waals surface area contributed by atoms with Crippen LogP contribution in [0.5, 0.6) is 0 Å². The zero-order valence-corrected chi connectivity index (χ0v) is 8.31. The van der Waals surface area contributed by atoms with Crippen molar-refractivity contribution in [1.82, 2.24) is 0 Å². The fraction of sp³-hybridized carbons (Fsp3) is 0.455. The molecule has 0 radical (unpaired) electrons. The van der Waals surface area contributed by atoms with Gasteiger partial charge in [-0.1, -0.05) is 12.1 Å². The maximum absolute atomic E-state index is 5.83. The first-order valence-electron chi connectivity index (χ1n) is 4.36. The molecule has 1 atom stereocenters.